The molecule has 6 heteroatoms. The van der Waals surface area contributed by atoms with Gasteiger partial charge in [0.2, 0.25) is 0 Å². The average Bonchev–Trinajstić information content (AvgIpc) is 2.90. The summed E-state index contributed by atoms with van der Waals surface area (Å²) >= 11 is 5.78. The van der Waals surface area contributed by atoms with Crippen molar-refractivity contribution >= 4 is 29.9 Å². The Morgan fingerprint density at radius 1 is 1.63 bits per heavy atom. The van der Waals surface area contributed by atoms with Gasteiger partial charge in [0, 0.05) is 10.6 Å². The highest BCUT2D eigenvalue weighted by Gasteiger charge is 2.34. The lowest BCUT2D eigenvalue weighted by atomic mass is 9.87. The fourth-order valence-corrected chi connectivity index (χ4v) is 3.24. The highest BCUT2D eigenvalue weighted by atomic mass is 32.1. The van der Waals surface area contributed by atoms with Crippen molar-refractivity contribution in [2.24, 2.45) is 0 Å². The Balaban J connectivity index is 2.61. The average molecular weight is 292 g/mol. The molecule has 0 radical (unpaired) electrons. The molecule has 1 aliphatic rings. The number of carbonyl (C=O) groups is 1. The van der Waals surface area contributed by atoms with Crippen LogP contribution in [0.15, 0.2) is 39.4 Å². The Morgan fingerprint density at radius 3 is 2.89 bits per heavy atom. The Morgan fingerprint density at radius 2 is 2.37 bits per heavy atom. The summed E-state index contributed by atoms with van der Waals surface area (Å²) in [6, 6.07) is 5.91. The van der Waals surface area contributed by atoms with Crippen LogP contribution in [0, 0.1) is 11.3 Å². The minimum Gasteiger partial charge on any atom is -0.466 e. The second-order valence-electron chi connectivity index (χ2n) is 3.98. The summed E-state index contributed by atoms with van der Waals surface area (Å²) < 4.78 is 4.83. The number of nitrogens with zero attached hydrogens (tertiary/aromatic N) is 1. The summed E-state index contributed by atoms with van der Waals surface area (Å²) in [5.74, 6) is -0.844. The van der Waals surface area contributed by atoms with E-state index in [1.165, 1.54) is 18.4 Å². The zero-order valence-corrected chi connectivity index (χ0v) is 12.1. The van der Waals surface area contributed by atoms with E-state index in [-0.39, 0.29) is 0 Å². The van der Waals surface area contributed by atoms with Crippen molar-refractivity contribution in [1.82, 2.24) is 5.32 Å². The molecule has 1 N–H and O–H groups in total. The second kappa shape index (κ2) is 5.51. The highest BCUT2D eigenvalue weighted by molar-refractivity contribution is 7.84. The number of ether oxygens (including phenoxy) is 1. The number of methoxy groups -OCH3 is 1. The van der Waals surface area contributed by atoms with E-state index in [9.17, 15) is 10.1 Å². The molecule has 1 aromatic rings. The first-order chi connectivity index (χ1) is 9.10. The Hall–Kier alpha value is -1.71. The molecule has 2 rings (SSSR count). The van der Waals surface area contributed by atoms with Gasteiger partial charge in [0.1, 0.15) is 0 Å². The number of esters is 1. The lowest BCUT2D eigenvalue weighted by Gasteiger charge is -2.26. The van der Waals surface area contributed by atoms with Crippen LogP contribution in [0.1, 0.15) is 17.7 Å². The molecule has 0 saturated carbocycles. The summed E-state index contributed by atoms with van der Waals surface area (Å²) in [6.45, 7) is 1.78. The Kier molecular flexibility index (Phi) is 3.98. The van der Waals surface area contributed by atoms with Gasteiger partial charge in [0.05, 0.1) is 35.3 Å². The Bertz CT molecular complexity index is 609. The predicted octanol–water partition coefficient (Wildman–Crippen LogP) is 2.55. The molecule has 98 valence electrons. The smallest absolute Gasteiger partial charge is 0.336 e. The molecule has 0 aromatic carbocycles. The van der Waals surface area contributed by atoms with E-state index in [2.05, 4.69) is 24.0 Å². The number of carbonyl (C=O) groups excluding carboxylic acids is 1. The van der Waals surface area contributed by atoms with Gasteiger partial charge >= 0.3 is 5.97 Å². The van der Waals surface area contributed by atoms with Gasteiger partial charge in [-0.2, -0.15) is 5.26 Å². The van der Waals surface area contributed by atoms with Crippen LogP contribution < -0.4 is 5.32 Å². The van der Waals surface area contributed by atoms with E-state index in [1.54, 1.807) is 6.92 Å². The summed E-state index contributed by atoms with van der Waals surface area (Å²) in [6.07, 6.45) is 0. The van der Waals surface area contributed by atoms with Gasteiger partial charge in [-0.3, -0.25) is 0 Å². The van der Waals surface area contributed by atoms with Crippen molar-refractivity contribution in [2.45, 2.75) is 12.8 Å². The molecular weight excluding hydrogens is 280 g/mol. The van der Waals surface area contributed by atoms with Crippen LogP contribution in [0.2, 0.25) is 0 Å². The number of nitriles is 1. The van der Waals surface area contributed by atoms with Gasteiger partial charge in [-0.15, -0.1) is 24.0 Å². The molecule has 1 atom stereocenters. The molecule has 1 aliphatic heterocycles. The Labute approximate surface area is 120 Å². The van der Waals surface area contributed by atoms with Crippen molar-refractivity contribution in [3.8, 4) is 6.07 Å². The van der Waals surface area contributed by atoms with E-state index < -0.39 is 11.9 Å². The van der Waals surface area contributed by atoms with Gasteiger partial charge in [-0.25, -0.2) is 4.79 Å². The van der Waals surface area contributed by atoms with E-state index in [1.807, 2.05) is 17.5 Å². The second-order valence-corrected chi connectivity index (χ2v) is 5.40. The molecule has 0 bridgehead atoms. The maximum absolute atomic E-state index is 12.0. The van der Waals surface area contributed by atoms with Crippen LogP contribution in [-0.2, 0) is 9.53 Å². The minimum absolute atomic E-state index is 0.411. The van der Waals surface area contributed by atoms with Crippen LogP contribution in [0.25, 0.3) is 0 Å². The summed E-state index contributed by atoms with van der Waals surface area (Å²) in [7, 11) is 1.33. The quantitative estimate of drug-likeness (QED) is 0.649. The third-order valence-corrected chi connectivity index (χ3v) is 4.19. The van der Waals surface area contributed by atoms with Crippen molar-refractivity contribution in [1.29, 1.82) is 5.26 Å². The maximum Gasteiger partial charge on any atom is 0.336 e. The molecule has 4 nitrogen and oxygen atoms in total. The summed E-state index contributed by atoms with van der Waals surface area (Å²) in [5.41, 5.74) is 1.55. The topological polar surface area (TPSA) is 62.1 Å². The molecular formula is C13H12N2O2S2. The monoisotopic (exact) mass is 292 g/mol. The number of hydrogen-bond donors (Lipinski definition) is 2. The van der Waals surface area contributed by atoms with E-state index in [4.69, 9.17) is 4.74 Å². The SMILES string of the molecule is COC(=O)C1=C(C)NC(S)=C(C#N)[C@@H]1c1cccs1. The van der Waals surface area contributed by atoms with E-state index >= 15 is 0 Å². The number of rotatable bonds is 2. The molecule has 0 fully saturated rings. The molecule has 0 amide bonds. The number of nitrogens with one attached hydrogen (secondary N) is 1. The molecule has 19 heavy (non-hydrogen) atoms. The number of thiol groups is 1. The van der Waals surface area contributed by atoms with E-state index in [0.29, 0.717) is 21.9 Å². The predicted molar refractivity (Wildman–Crippen MR) is 76.5 cm³/mol. The lowest BCUT2D eigenvalue weighted by molar-refractivity contribution is -0.136. The third kappa shape index (κ3) is 2.39. The molecule has 2 heterocycles. The first kappa shape index (κ1) is 13.7. The van der Waals surface area contributed by atoms with E-state index in [0.717, 1.165) is 4.88 Å². The minimum atomic E-state index is -0.433. The number of thiophene rings is 1. The lowest BCUT2D eigenvalue weighted by Crippen LogP contribution is -2.27. The maximum atomic E-state index is 12.0. The van der Waals surface area contributed by atoms with Crippen LogP contribution >= 0.6 is 24.0 Å². The zero-order valence-electron chi connectivity index (χ0n) is 10.4. The van der Waals surface area contributed by atoms with Gasteiger partial charge in [-0.1, -0.05) is 6.07 Å². The van der Waals surface area contributed by atoms with Crippen molar-refractivity contribution in [3.05, 3.63) is 44.3 Å². The molecule has 0 saturated heterocycles. The molecule has 0 spiro atoms. The molecule has 1 aromatic heterocycles. The largest absolute Gasteiger partial charge is 0.466 e. The van der Waals surface area contributed by atoms with Crippen LogP contribution in [-0.4, -0.2) is 13.1 Å². The standard InChI is InChI=1S/C13H12N2O2S2/c1-7-10(13(16)17-2)11(9-4-3-5-19-9)8(6-14)12(18)15-7/h3-5,11,15,18H,1-2H3/t11-/m1/s1. The fraction of sp³-hybridized carbons (Fsp3) is 0.231. The number of hydrogen-bond acceptors (Lipinski definition) is 6. The van der Waals surface area contributed by atoms with Gasteiger partial charge in [-0.05, 0) is 18.4 Å². The number of dihydropyridines is 1. The van der Waals surface area contributed by atoms with Crippen LogP contribution in [0.3, 0.4) is 0 Å². The first-order valence-electron chi connectivity index (χ1n) is 5.52. The van der Waals surface area contributed by atoms with Crippen LogP contribution in [0.4, 0.5) is 0 Å². The first-order valence-corrected chi connectivity index (χ1v) is 6.85. The highest BCUT2D eigenvalue weighted by Crippen LogP contribution is 2.40. The van der Waals surface area contributed by atoms with Gasteiger partial charge in [0.15, 0.2) is 0 Å². The zero-order chi connectivity index (χ0) is 14.0. The van der Waals surface area contributed by atoms with Crippen molar-refractivity contribution in [2.75, 3.05) is 7.11 Å². The molecule has 0 aliphatic carbocycles. The summed E-state index contributed by atoms with van der Waals surface area (Å²) in [5, 5.41) is 14.7. The third-order valence-electron chi connectivity index (χ3n) is 2.90. The van der Waals surface area contributed by atoms with Gasteiger partial charge < -0.3 is 10.1 Å². The summed E-state index contributed by atoms with van der Waals surface area (Å²) in [4.78, 5) is 12.9. The van der Waals surface area contributed by atoms with Crippen molar-refractivity contribution < 1.29 is 9.53 Å². The number of allylic oxidation sites excluding steroid dienone is 2. The van der Waals surface area contributed by atoms with Crippen molar-refractivity contribution in [3.63, 3.8) is 0 Å². The fourth-order valence-electron chi connectivity index (χ4n) is 2.05. The normalized spacial score (nSPS) is 18.9. The van der Waals surface area contributed by atoms with Crippen LogP contribution in [0.5, 0.6) is 0 Å². The van der Waals surface area contributed by atoms with Gasteiger partial charge in [0.25, 0.3) is 0 Å². The molecule has 0 unspecified atom stereocenters.